The first-order valence-electron chi connectivity index (χ1n) is 4.46. The lowest BCUT2D eigenvalue weighted by atomic mass is 10.0. The van der Waals surface area contributed by atoms with E-state index in [4.69, 9.17) is 0 Å². The van der Waals surface area contributed by atoms with Crippen LogP contribution in [-0.4, -0.2) is 5.97 Å². The smallest absolute Gasteiger partial charge is 0.0668 e. The average Bonchev–Trinajstić information content (AvgIpc) is 2.03. The van der Waals surface area contributed by atoms with Crippen LogP contribution in [-0.2, 0) is 4.79 Å². The van der Waals surface area contributed by atoms with Crippen LogP contribution in [0.5, 0.6) is 0 Å². The fraction of sp³-hybridized carbons (Fsp3) is 0.700. The van der Waals surface area contributed by atoms with E-state index in [0.717, 1.165) is 19.3 Å². The van der Waals surface area contributed by atoms with Gasteiger partial charge in [0.05, 0.1) is 5.97 Å². The van der Waals surface area contributed by atoms with Crippen LogP contribution < -0.4 is 5.11 Å². The van der Waals surface area contributed by atoms with E-state index < -0.39 is 5.97 Å². The van der Waals surface area contributed by atoms with Crippen molar-refractivity contribution in [2.24, 2.45) is 5.92 Å². The molecule has 0 rings (SSSR count). The van der Waals surface area contributed by atoms with E-state index in [0.29, 0.717) is 11.5 Å². The average molecular weight is 169 g/mol. The number of carbonyl (C=O) groups is 1. The molecule has 0 spiro atoms. The lowest BCUT2D eigenvalue weighted by molar-refractivity contribution is -0.299. The molecule has 0 aromatic carbocycles. The monoisotopic (exact) mass is 169 g/mol. The van der Waals surface area contributed by atoms with Crippen LogP contribution in [0.4, 0.5) is 0 Å². The summed E-state index contributed by atoms with van der Waals surface area (Å²) in [6.07, 6.45) is 4.79. The Kier molecular flexibility index (Phi) is 5.43. The predicted octanol–water partition coefficient (Wildman–Crippen LogP) is 1.51. The van der Waals surface area contributed by atoms with Crippen molar-refractivity contribution in [1.82, 2.24) is 0 Å². The molecule has 1 unspecified atom stereocenters. The molecule has 0 amide bonds. The molecule has 0 saturated carbocycles. The number of carbonyl (C=O) groups excluding carboxylic acids is 1. The normalized spacial score (nSPS) is 14.4. The Morgan fingerprint density at radius 3 is 2.58 bits per heavy atom. The molecule has 0 bridgehead atoms. The molecule has 0 aromatic heterocycles. The van der Waals surface area contributed by atoms with Crippen molar-refractivity contribution in [2.75, 3.05) is 0 Å². The van der Waals surface area contributed by atoms with Gasteiger partial charge in [-0.1, -0.05) is 26.3 Å². The maximum atomic E-state index is 10.3. The molecule has 12 heavy (non-hydrogen) atoms. The van der Waals surface area contributed by atoms with Gasteiger partial charge >= 0.3 is 0 Å². The zero-order valence-electron chi connectivity index (χ0n) is 8.09. The van der Waals surface area contributed by atoms with Gasteiger partial charge in [0.25, 0.3) is 0 Å². The number of hydrogen-bond acceptors (Lipinski definition) is 2. The van der Waals surface area contributed by atoms with E-state index in [9.17, 15) is 9.90 Å². The summed E-state index contributed by atoms with van der Waals surface area (Å²) in [6.45, 7) is 5.88. The molecule has 0 aromatic rings. The Labute approximate surface area is 74.3 Å². The maximum absolute atomic E-state index is 10.3. The van der Waals surface area contributed by atoms with Crippen LogP contribution in [0.3, 0.4) is 0 Å². The first-order valence-corrected chi connectivity index (χ1v) is 4.46. The van der Waals surface area contributed by atoms with Gasteiger partial charge in [-0.3, -0.25) is 0 Å². The molecule has 0 radical (unpaired) electrons. The van der Waals surface area contributed by atoms with Crippen molar-refractivity contribution in [3.8, 4) is 0 Å². The molecule has 0 saturated heterocycles. The Hall–Kier alpha value is -0.790. The Bertz CT molecular complexity index is 171. The van der Waals surface area contributed by atoms with E-state index in [2.05, 4.69) is 13.8 Å². The van der Waals surface area contributed by atoms with E-state index in [1.165, 1.54) is 0 Å². The van der Waals surface area contributed by atoms with Crippen molar-refractivity contribution in [3.63, 3.8) is 0 Å². The summed E-state index contributed by atoms with van der Waals surface area (Å²) in [6, 6.07) is 0. The number of aliphatic carboxylic acids is 1. The summed E-state index contributed by atoms with van der Waals surface area (Å²) in [5, 5.41) is 10.3. The summed E-state index contributed by atoms with van der Waals surface area (Å²) >= 11 is 0. The summed E-state index contributed by atoms with van der Waals surface area (Å²) in [7, 11) is 0. The standard InChI is InChI=1S/C10H18O2/c1-4-8(2)6-5-7-9(3)10(11)12/h7-8H,4-6H2,1-3H3,(H,11,12)/p-1/b9-7+. The highest BCUT2D eigenvalue weighted by molar-refractivity contribution is 5.83. The van der Waals surface area contributed by atoms with Crippen molar-refractivity contribution < 1.29 is 9.90 Å². The van der Waals surface area contributed by atoms with Crippen molar-refractivity contribution in [2.45, 2.75) is 40.0 Å². The van der Waals surface area contributed by atoms with Gasteiger partial charge in [-0.2, -0.15) is 0 Å². The molecule has 0 heterocycles. The topological polar surface area (TPSA) is 40.1 Å². The van der Waals surface area contributed by atoms with E-state index in [1.54, 1.807) is 13.0 Å². The minimum absolute atomic E-state index is 0.346. The molecule has 70 valence electrons. The minimum atomic E-state index is -1.06. The van der Waals surface area contributed by atoms with Gasteiger partial charge in [-0.15, -0.1) is 0 Å². The highest BCUT2D eigenvalue weighted by atomic mass is 16.4. The van der Waals surface area contributed by atoms with Crippen molar-refractivity contribution in [3.05, 3.63) is 11.6 Å². The molecule has 2 nitrogen and oxygen atoms in total. The highest BCUT2D eigenvalue weighted by Crippen LogP contribution is 2.10. The summed E-state index contributed by atoms with van der Waals surface area (Å²) < 4.78 is 0. The minimum Gasteiger partial charge on any atom is -0.545 e. The van der Waals surface area contributed by atoms with E-state index in [-0.39, 0.29) is 0 Å². The maximum Gasteiger partial charge on any atom is 0.0668 e. The molecular weight excluding hydrogens is 152 g/mol. The summed E-state index contributed by atoms with van der Waals surface area (Å²) in [4.78, 5) is 10.3. The second kappa shape index (κ2) is 5.81. The van der Waals surface area contributed by atoms with Crippen LogP contribution >= 0.6 is 0 Å². The second-order valence-corrected chi connectivity index (χ2v) is 3.27. The second-order valence-electron chi connectivity index (χ2n) is 3.27. The molecule has 0 aliphatic heterocycles. The van der Waals surface area contributed by atoms with Crippen molar-refractivity contribution in [1.29, 1.82) is 0 Å². The van der Waals surface area contributed by atoms with Gasteiger partial charge in [0.15, 0.2) is 0 Å². The van der Waals surface area contributed by atoms with Gasteiger partial charge in [0.1, 0.15) is 0 Å². The molecule has 0 N–H and O–H groups in total. The highest BCUT2D eigenvalue weighted by Gasteiger charge is 1.96. The van der Waals surface area contributed by atoms with Gasteiger partial charge in [0.2, 0.25) is 0 Å². The number of hydrogen-bond donors (Lipinski definition) is 0. The number of allylic oxidation sites excluding steroid dienone is 1. The van der Waals surface area contributed by atoms with Gasteiger partial charge in [-0.05, 0) is 31.3 Å². The molecule has 0 aliphatic rings. The number of carboxylic acid groups (broad SMARTS) is 1. The first kappa shape index (κ1) is 11.2. The Balaban J connectivity index is 3.67. The van der Waals surface area contributed by atoms with Crippen LogP contribution in [0.1, 0.15) is 40.0 Å². The zero-order valence-corrected chi connectivity index (χ0v) is 8.09. The van der Waals surface area contributed by atoms with Gasteiger partial charge < -0.3 is 9.90 Å². The van der Waals surface area contributed by atoms with Crippen molar-refractivity contribution >= 4 is 5.97 Å². The molecular formula is C10H17O2-. The Morgan fingerprint density at radius 1 is 1.58 bits per heavy atom. The summed E-state index contributed by atoms with van der Waals surface area (Å²) in [5.74, 6) is -0.380. The molecule has 0 fully saturated rings. The van der Waals surface area contributed by atoms with E-state index >= 15 is 0 Å². The predicted molar refractivity (Wildman–Crippen MR) is 47.5 cm³/mol. The molecule has 0 aliphatic carbocycles. The van der Waals surface area contributed by atoms with Crippen LogP contribution in [0.2, 0.25) is 0 Å². The lowest BCUT2D eigenvalue weighted by Gasteiger charge is -2.06. The third-order valence-electron chi connectivity index (χ3n) is 2.13. The quantitative estimate of drug-likeness (QED) is 0.585. The Morgan fingerprint density at radius 2 is 2.17 bits per heavy atom. The summed E-state index contributed by atoms with van der Waals surface area (Å²) in [5.41, 5.74) is 0.346. The van der Waals surface area contributed by atoms with Crippen LogP contribution in [0.25, 0.3) is 0 Å². The SMILES string of the molecule is CCC(C)CC/C=C(\C)C(=O)[O-]. The van der Waals surface area contributed by atoms with Crippen LogP contribution in [0, 0.1) is 5.92 Å². The molecule has 1 atom stereocenters. The molecule has 2 heteroatoms. The first-order chi connectivity index (χ1) is 5.57. The van der Waals surface area contributed by atoms with Crippen LogP contribution in [0.15, 0.2) is 11.6 Å². The fourth-order valence-corrected chi connectivity index (χ4v) is 0.872. The third-order valence-corrected chi connectivity index (χ3v) is 2.13. The lowest BCUT2D eigenvalue weighted by Crippen LogP contribution is -2.22. The van der Waals surface area contributed by atoms with Gasteiger partial charge in [-0.25, -0.2) is 0 Å². The number of carboxylic acids is 1. The van der Waals surface area contributed by atoms with E-state index in [1.807, 2.05) is 0 Å². The third kappa shape index (κ3) is 4.94. The zero-order chi connectivity index (χ0) is 9.56. The number of rotatable bonds is 5. The fourth-order valence-electron chi connectivity index (χ4n) is 0.872. The van der Waals surface area contributed by atoms with Gasteiger partial charge in [0, 0.05) is 0 Å². The largest absolute Gasteiger partial charge is 0.545 e.